The van der Waals surface area contributed by atoms with E-state index in [1.807, 2.05) is 37.7 Å². The Balaban J connectivity index is 2.02. The van der Waals surface area contributed by atoms with Gasteiger partial charge in [-0.15, -0.1) is 11.3 Å². The highest BCUT2D eigenvalue weighted by Crippen LogP contribution is 2.15. The molecule has 3 nitrogen and oxygen atoms in total. The quantitative estimate of drug-likeness (QED) is 0.862. The fraction of sp³-hybridized carbons (Fsp3) is 0.273. The molecule has 0 saturated heterocycles. The van der Waals surface area contributed by atoms with Crippen LogP contribution in [0.1, 0.15) is 16.3 Å². The first-order valence-corrected chi connectivity index (χ1v) is 5.69. The number of hydrogen-bond acceptors (Lipinski definition) is 4. The molecule has 0 radical (unpaired) electrons. The van der Waals surface area contributed by atoms with Gasteiger partial charge in [-0.2, -0.15) is 0 Å². The van der Waals surface area contributed by atoms with Crippen LogP contribution in [0.3, 0.4) is 0 Å². The minimum atomic E-state index is 0.833. The molecule has 0 unspecified atom stereocenters. The summed E-state index contributed by atoms with van der Waals surface area (Å²) in [6.45, 7) is 4.86. The highest BCUT2D eigenvalue weighted by atomic mass is 32.1. The number of hydrogen-bond donors (Lipinski definition) is 1. The minimum absolute atomic E-state index is 0.833. The maximum absolute atomic E-state index is 4.21. The lowest BCUT2D eigenvalue weighted by Gasteiger charge is -2.05. The molecule has 0 aliphatic carbocycles. The zero-order chi connectivity index (χ0) is 10.7. The van der Waals surface area contributed by atoms with Gasteiger partial charge in [0.2, 0.25) is 0 Å². The molecule has 78 valence electrons. The van der Waals surface area contributed by atoms with Crippen molar-refractivity contribution in [2.24, 2.45) is 0 Å². The zero-order valence-corrected chi connectivity index (χ0v) is 9.64. The standard InChI is InChI=1S/C11H13N3S/c1-8-5-10(3-4-12-8)13-6-11-9(2)14-7-15-11/h3-5,7H,6H2,1-2H3,(H,12,13). The van der Waals surface area contributed by atoms with Crippen molar-refractivity contribution in [3.05, 3.63) is 40.1 Å². The van der Waals surface area contributed by atoms with Gasteiger partial charge >= 0.3 is 0 Å². The maximum atomic E-state index is 4.21. The predicted molar refractivity (Wildman–Crippen MR) is 63.2 cm³/mol. The number of anilines is 1. The summed E-state index contributed by atoms with van der Waals surface area (Å²) in [6.07, 6.45) is 1.82. The number of pyridine rings is 1. The number of nitrogens with zero attached hydrogens (tertiary/aromatic N) is 2. The van der Waals surface area contributed by atoms with E-state index in [9.17, 15) is 0 Å². The van der Waals surface area contributed by atoms with Crippen LogP contribution >= 0.6 is 11.3 Å². The van der Waals surface area contributed by atoms with Crippen LogP contribution in [-0.2, 0) is 6.54 Å². The van der Waals surface area contributed by atoms with E-state index >= 15 is 0 Å². The molecule has 2 heterocycles. The van der Waals surface area contributed by atoms with Gasteiger partial charge in [-0.25, -0.2) is 4.98 Å². The van der Waals surface area contributed by atoms with E-state index in [1.54, 1.807) is 11.3 Å². The normalized spacial score (nSPS) is 10.3. The Bertz CT molecular complexity index is 451. The molecule has 0 bridgehead atoms. The molecule has 0 aromatic carbocycles. The molecule has 0 atom stereocenters. The van der Waals surface area contributed by atoms with Crippen molar-refractivity contribution >= 4 is 17.0 Å². The van der Waals surface area contributed by atoms with Crippen LogP contribution in [0.2, 0.25) is 0 Å². The first-order valence-electron chi connectivity index (χ1n) is 4.81. The third-order valence-corrected chi connectivity index (χ3v) is 3.13. The molecule has 0 saturated carbocycles. The molecular weight excluding hydrogens is 206 g/mol. The van der Waals surface area contributed by atoms with Crippen LogP contribution in [0.4, 0.5) is 5.69 Å². The summed E-state index contributed by atoms with van der Waals surface area (Å²) in [5.74, 6) is 0. The summed E-state index contributed by atoms with van der Waals surface area (Å²) in [6, 6.07) is 4.01. The van der Waals surface area contributed by atoms with Gasteiger partial charge in [0, 0.05) is 22.5 Å². The molecule has 0 amide bonds. The molecule has 15 heavy (non-hydrogen) atoms. The highest BCUT2D eigenvalue weighted by Gasteiger charge is 2.00. The SMILES string of the molecule is Cc1cc(NCc2scnc2C)ccn1. The van der Waals surface area contributed by atoms with Gasteiger partial charge in [0.15, 0.2) is 0 Å². The number of aromatic nitrogens is 2. The molecule has 0 aliphatic heterocycles. The predicted octanol–water partition coefficient (Wildman–Crippen LogP) is 2.77. The van der Waals surface area contributed by atoms with Gasteiger partial charge in [-0.3, -0.25) is 4.98 Å². The van der Waals surface area contributed by atoms with Crippen LogP contribution < -0.4 is 5.32 Å². The zero-order valence-electron chi connectivity index (χ0n) is 8.82. The van der Waals surface area contributed by atoms with Crippen LogP contribution in [0.5, 0.6) is 0 Å². The van der Waals surface area contributed by atoms with Crippen LogP contribution in [0, 0.1) is 13.8 Å². The molecule has 0 aliphatic rings. The highest BCUT2D eigenvalue weighted by molar-refractivity contribution is 7.09. The number of aryl methyl sites for hydroxylation is 2. The fourth-order valence-corrected chi connectivity index (χ4v) is 2.05. The van der Waals surface area contributed by atoms with Crippen molar-refractivity contribution in [3.63, 3.8) is 0 Å². The summed E-state index contributed by atoms with van der Waals surface area (Å²) in [5, 5.41) is 3.36. The van der Waals surface area contributed by atoms with E-state index in [0.29, 0.717) is 0 Å². The van der Waals surface area contributed by atoms with Gasteiger partial charge < -0.3 is 5.32 Å². The molecule has 2 rings (SSSR count). The van der Waals surface area contributed by atoms with Crippen molar-refractivity contribution in [1.29, 1.82) is 0 Å². The summed E-state index contributed by atoms with van der Waals surface area (Å²) >= 11 is 1.68. The minimum Gasteiger partial charge on any atom is -0.380 e. The third-order valence-electron chi connectivity index (χ3n) is 2.19. The average Bonchev–Trinajstić information content (AvgIpc) is 2.61. The second kappa shape index (κ2) is 4.40. The van der Waals surface area contributed by atoms with Crippen molar-refractivity contribution in [2.45, 2.75) is 20.4 Å². The van der Waals surface area contributed by atoms with E-state index in [1.165, 1.54) is 4.88 Å². The second-order valence-corrected chi connectivity index (χ2v) is 4.34. The summed E-state index contributed by atoms with van der Waals surface area (Å²) < 4.78 is 0. The Hall–Kier alpha value is -1.42. The van der Waals surface area contributed by atoms with Crippen LogP contribution in [-0.4, -0.2) is 9.97 Å². The smallest absolute Gasteiger partial charge is 0.0798 e. The molecule has 0 spiro atoms. The van der Waals surface area contributed by atoms with Crippen LogP contribution in [0.15, 0.2) is 23.8 Å². The van der Waals surface area contributed by atoms with E-state index in [2.05, 4.69) is 15.3 Å². The Morgan fingerprint density at radius 1 is 1.33 bits per heavy atom. The van der Waals surface area contributed by atoms with Gasteiger partial charge in [0.05, 0.1) is 17.7 Å². The lowest BCUT2D eigenvalue weighted by Crippen LogP contribution is -1.99. The second-order valence-electron chi connectivity index (χ2n) is 3.40. The molecule has 4 heteroatoms. The van der Waals surface area contributed by atoms with E-state index in [-0.39, 0.29) is 0 Å². The lowest BCUT2D eigenvalue weighted by atomic mass is 10.3. The fourth-order valence-electron chi connectivity index (χ4n) is 1.33. The van der Waals surface area contributed by atoms with Gasteiger partial charge in [0.25, 0.3) is 0 Å². The maximum Gasteiger partial charge on any atom is 0.0798 e. The monoisotopic (exact) mass is 219 g/mol. The van der Waals surface area contributed by atoms with Crippen molar-refractivity contribution < 1.29 is 0 Å². The number of nitrogens with one attached hydrogen (secondary N) is 1. The van der Waals surface area contributed by atoms with Crippen molar-refractivity contribution in [1.82, 2.24) is 9.97 Å². The Morgan fingerprint density at radius 3 is 2.87 bits per heavy atom. The largest absolute Gasteiger partial charge is 0.380 e. The molecular formula is C11H13N3S. The molecule has 1 N–H and O–H groups in total. The Kier molecular flexibility index (Phi) is 2.97. The number of thiazole rings is 1. The van der Waals surface area contributed by atoms with Gasteiger partial charge in [-0.05, 0) is 26.0 Å². The summed E-state index contributed by atoms with van der Waals surface area (Å²) in [5.41, 5.74) is 5.12. The average molecular weight is 219 g/mol. The topological polar surface area (TPSA) is 37.8 Å². The van der Waals surface area contributed by atoms with E-state index in [4.69, 9.17) is 0 Å². The molecule has 2 aromatic heterocycles. The Labute approximate surface area is 93.2 Å². The molecule has 2 aromatic rings. The first kappa shape index (κ1) is 10.1. The van der Waals surface area contributed by atoms with Crippen molar-refractivity contribution in [3.8, 4) is 0 Å². The molecule has 0 fully saturated rings. The van der Waals surface area contributed by atoms with E-state index in [0.717, 1.165) is 23.6 Å². The van der Waals surface area contributed by atoms with Gasteiger partial charge in [-0.1, -0.05) is 0 Å². The lowest BCUT2D eigenvalue weighted by molar-refractivity contribution is 1.11. The third kappa shape index (κ3) is 2.53. The van der Waals surface area contributed by atoms with Crippen molar-refractivity contribution in [2.75, 3.05) is 5.32 Å². The first-order chi connectivity index (χ1) is 7.25. The number of rotatable bonds is 3. The Morgan fingerprint density at radius 2 is 2.20 bits per heavy atom. The summed E-state index contributed by atoms with van der Waals surface area (Å²) in [7, 11) is 0. The van der Waals surface area contributed by atoms with Crippen LogP contribution in [0.25, 0.3) is 0 Å². The summed E-state index contributed by atoms with van der Waals surface area (Å²) in [4.78, 5) is 9.65. The van der Waals surface area contributed by atoms with Gasteiger partial charge in [0.1, 0.15) is 0 Å². The van der Waals surface area contributed by atoms with E-state index < -0.39 is 0 Å².